The number of carbonyl (C=O) groups is 1. The lowest BCUT2D eigenvalue weighted by Gasteiger charge is -2.36. The van der Waals surface area contributed by atoms with Gasteiger partial charge in [0.15, 0.2) is 0 Å². The summed E-state index contributed by atoms with van der Waals surface area (Å²) in [6.45, 7) is 3.04. The zero-order valence-corrected chi connectivity index (χ0v) is 16.1. The second kappa shape index (κ2) is 9.28. The van der Waals surface area contributed by atoms with Gasteiger partial charge in [0.1, 0.15) is 5.82 Å². The lowest BCUT2D eigenvalue weighted by atomic mass is 9.93. The first-order chi connectivity index (χ1) is 13.1. The molecular weight excluding hydrogens is 342 g/mol. The molecule has 0 atom stereocenters. The Morgan fingerprint density at radius 3 is 2.48 bits per heavy atom. The van der Waals surface area contributed by atoms with E-state index in [0.29, 0.717) is 29.2 Å². The van der Waals surface area contributed by atoms with Gasteiger partial charge in [-0.15, -0.1) is 0 Å². The van der Waals surface area contributed by atoms with Gasteiger partial charge in [-0.05, 0) is 44.7 Å². The molecule has 0 aromatic carbocycles. The highest BCUT2D eigenvalue weighted by molar-refractivity contribution is 6.07. The predicted molar refractivity (Wildman–Crippen MR) is 106 cm³/mol. The van der Waals surface area contributed by atoms with Crippen LogP contribution in [-0.4, -0.2) is 47.0 Å². The first-order valence-electron chi connectivity index (χ1n) is 10.0. The number of amidine groups is 1. The molecule has 1 amide bonds. The van der Waals surface area contributed by atoms with Gasteiger partial charge in [0.05, 0.1) is 23.7 Å². The summed E-state index contributed by atoms with van der Waals surface area (Å²) in [5, 5.41) is 23.3. The number of nitrogens with zero attached hydrogens (tertiary/aromatic N) is 2. The summed E-state index contributed by atoms with van der Waals surface area (Å²) >= 11 is 0. The number of amides is 1. The van der Waals surface area contributed by atoms with Crippen molar-refractivity contribution < 1.29 is 9.90 Å². The summed E-state index contributed by atoms with van der Waals surface area (Å²) in [7, 11) is 0. The lowest BCUT2D eigenvalue weighted by molar-refractivity contribution is 0.0976. The first-order valence-corrected chi connectivity index (χ1v) is 10.0. The van der Waals surface area contributed by atoms with Crippen LogP contribution in [0.1, 0.15) is 67.9 Å². The van der Waals surface area contributed by atoms with E-state index >= 15 is 0 Å². The fourth-order valence-corrected chi connectivity index (χ4v) is 4.09. The number of aliphatic hydroxyl groups is 1. The summed E-state index contributed by atoms with van der Waals surface area (Å²) in [5.74, 6) is 0.390. The maximum Gasteiger partial charge on any atom is 0.260 e. The number of pyridine rings is 1. The van der Waals surface area contributed by atoms with Crippen molar-refractivity contribution in [3.63, 3.8) is 0 Å². The number of rotatable bonds is 5. The Bertz CT molecular complexity index is 664. The molecule has 1 saturated heterocycles. The summed E-state index contributed by atoms with van der Waals surface area (Å²) in [5.41, 5.74) is 1.01. The highest BCUT2D eigenvalue weighted by Crippen LogP contribution is 2.25. The Labute approximate surface area is 161 Å². The van der Waals surface area contributed by atoms with Gasteiger partial charge < -0.3 is 20.6 Å². The monoisotopic (exact) mass is 373 g/mol. The van der Waals surface area contributed by atoms with E-state index < -0.39 is 0 Å². The average molecular weight is 374 g/mol. The van der Waals surface area contributed by atoms with Crippen LogP contribution in [0.5, 0.6) is 0 Å². The number of anilines is 1. The van der Waals surface area contributed by atoms with Crippen molar-refractivity contribution >= 4 is 17.6 Å². The zero-order chi connectivity index (χ0) is 19.2. The van der Waals surface area contributed by atoms with Gasteiger partial charge in [0.25, 0.3) is 5.91 Å². The maximum absolute atomic E-state index is 12.5. The molecule has 7 nitrogen and oxygen atoms in total. The van der Waals surface area contributed by atoms with Crippen molar-refractivity contribution in [2.45, 2.75) is 70.6 Å². The van der Waals surface area contributed by atoms with E-state index in [0.717, 1.165) is 25.9 Å². The Hall–Kier alpha value is -1.99. The number of nitrogens with one attached hydrogen (secondary N) is 3. The molecule has 1 aromatic heterocycles. The maximum atomic E-state index is 12.5. The second-order valence-electron chi connectivity index (χ2n) is 7.67. The summed E-state index contributed by atoms with van der Waals surface area (Å²) < 4.78 is 0. The number of hydrogen-bond acceptors (Lipinski definition) is 6. The average Bonchev–Trinajstić information content (AvgIpc) is 2.68. The van der Waals surface area contributed by atoms with Gasteiger partial charge in [-0.25, -0.2) is 4.98 Å². The van der Waals surface area contributed by atoms with E-state index in [4.69, 9.17) is 5.41 Å². The van der Waals surface area contributed by atoms with Crippen molar-refractivity contribution in [2.75, 3.05) is 18.0 Å². The summed E-state index contributed by atoms with van der Waals surface area (Å²) in [4.78, 5) is 19.1. The SMILES string of the molecule is CC(=N)NC(=O)c1ccc(CO)nc1N1CCC(NC2CCCCC2)CC1. The number of carbonyl (C=O) groups excluding carboxylic acids is 1. The van der Waals surface area contributed by atoms with Crippen molar-refractivity contribution in [3.8, 4) is 0 Å². The van der Waals surface area contributed by atoms with Crippen LogP contribution in [0.4, 0.5) is 5.82 Å². The van der Waals surface area contributed by atoms with E-state index in [2.05, 4.69) is 20.5 Å². The first kappa shape index (κ1) is 19.8. The van der Waals surface area contributed by atoms with Gasteiger partial charge in [0.2, 0.25) is 0 Å². The molecule has 1 saturated carbocycles. The highest BCUT2D eigenvalue weighted by Gasteiger charge is 2.26. The lowest BCUT2D eigenvalue weighted by Crippen LogP contribution is -2.47. The van der Waals surface area contributed by atoms with Crippen molar-refractivity contribution in [1.82, 2.24) is 15.6 Å². The van der Waals surface area contributed by atoms with Crippen molar-refractivity contribution in [2.24, 2.45) is 0 Å². The topological polar surface area (TPSA) is 101 Å². The molecule has 2 aliphatic rings. The molecule has 7 heteroatoms. The van der Waals surface area contributed by atoms with Crippen LogP contribution in [0, 0.1) is 5.41 Å². The van der Waals surface area contributed by atoms with Gasteiger partial charge in [-0.1, -0.05) is 19.3 Å². The van der Waals surface area contributed by atoms with Crippen molar-refractivity contribution in [3.05, 3.63) is 23.4 Å². The van der Waals surface area contributed by atoms with Crippen LogP contribution in [0.25, 0.3) is 0 Å². The molecule has 1 aliphatic heterocycles. The molecule has 0 unspecified atom stereocenters. The van der Waals surface area contributed by atoms with Crippen molar-refractivity contribution in [1.29, 1.82) is 5.41 Å². The molecular formula is C20H31N5O2. The van der Waals surface area contributed by atoms with E-state index in [-0.39, 0.29) is 18.3 Å². The number of hydrogen-bond donors (Lipinski definition) is 4. The molecule has 1 aromatic rings. The quantitative estimate of drug-likeness (QED) is 0.468. The molecule has 2 fully saturated rings. The van der Waals surface area contributed by atoms with Crippen LogP contribution < -0.4 is 15.5 Å². The Morgan fingerprint density at radius 2 is 1.85 bits per heavy atom. The molecule has 4 N–H and O–H groups in total. The molecule has 0 spiro atoms. The van der Waals surface area contributed by atoms with Gasteiger partial charge in [0, 0.05) is 25.2 Å². The number of aromatic nitrogens is 1. The summed E-state index contributed by atoms with van der Waals surface area (Å²) in [6.07, 6.45) is 8.64. The smallest absolute Gasteiger partial charge is 0.260 e. The van der Waals surface area contributed by atoms with E-state index in [9.17, 15) is 9.90 Å². The Balaban J connectivity index is 1.66. The van der Waals surface area contributed by atoms with E-state index in [1.54, 1.807) is 12.1 Å². The highest BCUT2D eigenvalue weighted by atomic mass is 16.3. The van der Waals surface area contributed by atoms with Crippen LogP contribution in [0.3, 0.4) is 0 Å². The normalized spacial score (nSPS) is 19.1. The Kier molecular flexibility index (Phi) is 6.79. The molecule has 27 heavy (non-hydrogen) atoms. The third kappa shape index (κ3) is 5.26. The van der Waals surface area contributed by atoms with Crippen LogP contribution in [0.15, 0.2) is 12.1 Å². The van der Waals surface area contributed by atoms with E-state index in [1.165, 1.54) is 39.0 Å². The number of piperidine rings is 1. The Morgan fingerprint density at radius 1 is 1.19 bits per heavy atom. The largest absolute Gasteiger partial charge is 0.390 e. The molecule has 2 heterocycles. The molecule has 148 valence electrons. The van der Waals surface area contributed by atoms with Gasteiger partial charge >= 0.3 is 0 Å². The molecule has 3 rings (SSSR count). The van der Waals surface area contributed by atoms with Gasteiger partial charge in [-0.3, -0.25) is 10.2 Å². The van der Waals surface area contributed by atoms with Crippen LogP contribution >= 0.6 is 0 Å². The minimum absolute atomic E-state index is 0.104. The predicted octanol–water partition coefficient (Wildman–Crippen LogP) is 2.19. The summed E-state index contributed by atoms with van der Waals surface area (Å²) in [6, 6.07) is 4.53. The third-order valence-electron chi connectivity index (χ3n) is 5.51. The zero-order valence-electron chi connectivity index (χ0n) is 16.1. The van der Waals surface area contributed by atoms with Crippen LogP contribution in [-0.2, 0) is 6.61 Å². The molecule has 0 bridgehead atoms. The minimum atomic E-state index is -0.322. The second-order valence-corrected chi connectivity index (χ2v) is 7.67. The number of aliphatic hydroxyl groups excluding tert-OH is 1. The molecule has 0 radical (unpaired) electrons. The fraction of sp³-hybridized carbons (Fsp3) is 0.650. The third-order valence-corrected chi connectivity index (χ3v) is 5.51. The minimum Gasteiger partial charge on any atom is -0.390 e. The van der Waals surface area contributed by atoms with E-state index in [1.807, 2.05) is 0 Å². The standard InChI is InChI=1S/C20H31N5O2/c1-14(21)22-20(27)18-8-7-17(13-26)24-19(18)25-11-9-16(10-12-25)23-15-5-3-2-4-6-15/h7-8,15-16,23,26H,2-6,9-13H2,1H3,(H2,21,22,27). The van der Waals surface area contributed by atoms with Crippen LogP contribution in [0.2, 0.25) is 0 Å². The van der Waals surface area contributed by atoms with Gasteiger partial charge in [-0.2, -0.15) is 0 Å². The fourth-order valence-electron chi connectivity index (χ4n) is 4.09. The molecule has 1 aliphatic carbocycles.